The van der Waals surface area contributed by atoms with Crippen molar-refractivity contribution in [1.82, 2.24) is 15.3 Å². The topological polar surface area (TPSA) is 92.3 Å². The molecule has 170 valence electrons. The Balaban J connectivity index is 1.33. The molecule has 4 rings (SSSR count). The van der Waals surface area contributed by atoms with Crippen molar-refractivity contribution >= 4 is 54.6 Å². The summed E-state index contributed by atoms with van der Waals surface area (Å²) in [6, 6.07) is 9.20. The molecule has 7 nitrogen and oxygen atoms in total. The van der Waals surface area contributed by atoms with Crippen molar-refractivity contribution in [2.45, 2.75) is 48.7 Å². The molecule has 1 N–H and O–H groups in total. The van der Waals surface area contributed by atoms with Crippen LogP contribution in [0, 0.1) is 6.92 Å². The van der Waals surface area contributed by atoms with Gasteiger partial charge in [0.1, 0.15) is 0 Å². The van der Waals surface area contributed by atoms with Gasteiger partial charge in [-0.2, -0.15) is 0 Å². The third kappa shape index (κ3) is 5.05. The van der Waals surface area contributed by atoms with Gasteiger partial charge in [0.05, 0.1) is 15.5 Å². The maximum absolute atomic E-state index is 13.0. The van der Waals surface area contributed by atoms with Gasteiger partial charge in [-0.3, -0.25) is 9.78 Å². The fourth-order valence-electron chi connectivity index (χ4n) is 3.84. The maximum Gasteiger partial charge on any atom is 0.221 e. The summed E-state index contributed by atoms with van der Waals surface area (Å²) in [5.74, 6) is -0.247. The molecule has 0 bridgehead atoms. The summed E-state index contributed by atoms with van der Waals surface area (Å²) < 4.78 is 26.7. The van der Waals surface area contributed by atoms with Crippen LogP contribution in [0.25, 0.3) is 10.2 Å². The summed E-state index contributed by atoms with van der Waals surface area (Å²) in [4.78, 5) is 23.3. The highest BCUT2D eigenvalue weighted by Gasteiger charge is 2.30. The molecule has 0 spiro atoms. The second-order valence-corrected chi connectivity index (χ2v) is 12.1. The Labute approximate surface area is 196 Å². The lowest BCUT2D eigenvalue weighted by Gasteiger charge is -2.34. The molecule has 32 heavy (non-hydrogen) atoms. The van der Waals surface area contributed by atoms with Crippen LogP contribution in [0.5, 0.6) is 0 Å². The number of thiazole rings is 1. The van der Waals surface area contributed by atoms with Crippen LogP contribution in [0.4, 0.5) is 5.69 Å². The number of pyridine rings is 1. The Hall–Kier alpha value is -2.23. The van der Waals surface area contributed by atoms with Crippen molar-refractivity contribution in [3.05, 3.63) is 47.2 Å². The van der Waals surface area contributed by atoms with E-state index in [1.807, 2.05) is 13.0 Å². The number of hydrogen-bond acceptors (Lipinski definition) is 7. The Morgan fingerprint density at radius 2 is 2.03 bits per heavy atom. The van der Waals surface area contributed by atoms with Crippen molar-refractivity contribution in [2.75, 3.05) is 18.0 Å². The molecule has 10 heteroatoms. The van der Waals surface area contributed by atoms with Crippen molar-refractivity contribution in [1.29, 1.82) is 0 Å². The van der Waals surface area contributed by atoms with Gasteiger partial charge in [0.25, 0.3) is 0 Å². The highest BCUT2D eigenvalue weighted by Crippen LogP contribution is 2.30. The maximum atomic E-state index is 13.0. The minimum Gasteiger partial charge on any atom is -0.371 e. The zero-order valence-electron chi connectivity index (χ0n) is 17.9. The van der Waals surface area contributed by atoms with E-state index in [0.29, 0.717) is 10.5 Å². The molecule has 0 saturated carbocycles. The SMILES string of the molecule is Cc1cc(N2CCC(NC(=O)CC(C)S(=O)(=O)c3nc4cc(Cl)ccc4s3)CC2)ccn1. The van der Waals surface area contributed by atoms with Crippen LogP contribution < -0.4 is 10.2 Å². The minimum absolute atomic E-state index is 0.0241. The summed E-state index contributed by atoms with van der Waals surface area (Å²) in [5, 5.41) is 2.66. The molecule has 1 aromatic carbocycles. The van der Waals surface area contributed by atoms with Gasteiger partial charge in [-0.05, 0) is 57.0 Å². The summed E-state index contributed by atoms with van der Waals surface area (Å²) in [6.45, 7) is 5.19. The number of amides is 1. The van der Waals surface area contributed by atoms with Crippen LogP contribution in [0.2, 0.25) is 5.02 Å². The first-order valence-corrected chi connectivity index (χ1v) is 13.2. The number of sulfone groups is 1. The normalized spacial score (nSPS) is 16.3. The third-order valence-electron chi connectivity index (χ3n) is 5.68. The molecule has 1 aliphatic heterocycles. The zero-order valence-corrected chi connectivity index (χ0v) is 20.3. The Bertz CT molecular complexity index is 1240. The van der Waals surface area contributed by atoms with E-state index in [-0.39, 0.29) is 22.7 Å². The van der Waals surface area contributed by atoms with Crippen LogP contribution >= 0.6 is 22.9 Å². The van der Waals surface area contributed by atoms with Crippen molar-refractivity contribution in [3.63, 3.8) is 0 Å². The highest BCUT2D eigenvalue weighted by atomic mass is 35.5. The van der Waals surface area contributed by atoms with Gasteiger partial charge in [0, 0.05) is 48.2 Å². The summed E-state index contributed by atoms with van der Waals surface area (Å²) in [6.07, 6.45) is 3.34. The molecule has 0 aliphatic carbocycles. The van der Waals surface area contributed by atoms with E-state index >= 15 is 0 Å². The monoisotopic (exact) mass is 492 g/mol. The number of aryl methyl sites for hydroxylation is 1. The number of halogens is 1. The minimum atomic E-state index is -3.71. The van der Waals surface area contributed by atoms with Crippen molar-refractivity contribution in [2.24, 2.45) is 0 Å². The smallest absolute Gasteiger partial charge is 0.221 e. The summed E-state index contributed by atoms with van der Waals surface area (Å²) in [7, 11) is -3.71. The third-order valence-corrected chi connectivity index (χ3v) is 9.50. The largest absolute Gasteiger partial charge is 0.371 e. The lowest BCUT2D eigenvalue weighted by atomic mass is 10.0. The lowest BCUT2D eigenvalue weighted by Crippen LogP contribution is -2.45. The fraction of sp³-hybridized carbons (Fsp3) is 0.409. The Morgan fingerprint density at radius 1 is 1.28 bits per heavy atom. The first kappa shape index (κ1) is 22.9. The van der Waals surface area contributed by atoms with Gasteiger partial charge in [0.2, 0.25) is 20.1 Å². The zero-order chi connectivity index (χ0) is 22.9. The predicted octanol–water partition coefficient (Wildman–Crippen LogP) is 3.99. The van der Waals surface area contributed by atoms with E-state index in [1.165, 1.54) is 0 Å². The van der Waals surface area contributed by atoms with Gasteiger partial charge >= 0.3 is 0 Å². The van der Waals surface area contributed by atoms with E-state index in [1.54, 1.807) is 31.3 Å². The molecule has 1 fully saturated rings. The van der Waals surface area contributed by atoms with Crippen molar-refractivity contribution in [3.8, 4) is 0 Å². The molecule has 0 radical (unpaired) electrons. The van der Waals surface area contributed by atoms with Gasteiger partial charge in [-0.15, -0.1) is 11.3 Å². The summed E-state index contributed by atoms with van der Waals surface area (Å²) >= 11 is 7.08. The van der Waals surface area contributed by atoms with Crippen LogP contribution in [0.3, 0.4) is 0 Å². The number of benzene rings is 1. The Kier molecular flexibility index (Phi) is 6.69. The Morgan fingerprint density at radius 3 is 2.75 bits per heavy atom. The molecular weight excluding hydrogens is 468 g/mol. The second-order valence-electron chi connectivity index (χ2n) is 8.14. The average Bonchev–Trinajstić information content (AvgIpc) is 3.18. The molecule has 1 aliphatic rings. The summed E-state index contributed by atoms with van der Waals surface area (Å²) in [5.41, 5.74) is 2.66. The van der Waals surface area contributed by atoms with Crippen molar-refractivity contribution < 1.29 is 13.2 Å². The van der Waals surface area contributed by atoms with E-state index in [0.717, 1.165) is 53.3 Å². The van der Waals surface area contributed by atoms with Gasteiger partial charge in [-0.1, -0.05) is 11.6 Å². The number of carbonyl (C=O) groups excluding carboxylic acids is 1. The quantitative estimate of drug-likeness (QED) is 0.559. The predicted molar refractivity (Wildman–Crippen MR) is 128 cm³/mol. The number of fused-ring (bicyclic) bond motifs is 1. The number of nitrogens with one attached hydrogen (secondary N) is 1. The lowest BCUT2D eigenvalue weighted by molar-refractivity contribution is -0.121. The van der Waals surface area contributed by atoms with E-state index in [2.05, 4.69) is 26.3 Å². The molecule has 1 atom stereocenters. The number of hydrogen-bond donors (Lipinski definition) is 1. The number of piperidine rings is 1. The van der Waals surface area contributed by atoms with Gasteiger partial charge in [0.15, 0.2) is 0 Å². The molecule has 3 heterocycles. The van der Waals surface area contributed by atoms with Crippen LogP contribution in [-0.4, -0.2) is 48.7 Å². The molecule has 2 aromatic heterocycles. The van der Waals surface area contributed by atoms with E-state index in [9.17, 15) is 13.2 Å². The standard InChI is InChI=1S/C22H25ClN4O3S2/c1-14-11-18(5-8-24-14)27-9-6-17(7-10-27)25-21(28)12-15(2)32(29,30)22-26-19-13-16(23)3-4-20(19)31-22/h3-5,8,11,13,15,17H,6-7,9-10,12H2,1-2H3,(H,25,28). The number of anilines is 1. The number of rotatable bonds is 6. The number of carbonyl (C=O) groups is 1. The number of aromatic nitrogens is 2. The molecule has 1 unspecified atom stereocenters. The van der Waals surface area contributed by atoms with E-state index < -0.39 is 15.1 Å². The van der Waals surface area contributed by atoms with Crippen LogP contribution in [0.1, 0.15) is 31.9 Å². The highest BCUT2D eigenvalue weighted by molar-refractivity contribution is 7.94. The second kappa shape index (κ2) is 9.33. The van der Waals surface area contributed by atoms with Crippen LogP contribution in [0.15, 0.2) is 40.9 Å². The average molecular weight is 493 g/mol. The molecule has 1 saturated heterocycles. The molecular formula is C22H25ClN4O3S2. The number of nitrogens with zero attached hydrogens (tertiary/aromatic N) is 3. The van der Waals surface area contributed by atoms with Gasteiger partial charge in [-0.25, -0.2) is 13.4 Å². The van der Waals surface area contributed by atoms with E-state index in [4.69, 9.17) is 11.6 Å². The van der Waals surface area contributed by atoms with Gasteiger partial charge < -0.3 is 10.2 Å². The first-order chi connectivity index (χ1) is 15.2. The first-order valence-electron chi connectivity index (χ1n) is 10.5. The van der Waals surface area contributed by atoms with Crippen LogP contribution in [-0.2, 0) is 14.6 Å². The fourth-order valence-corrected chi connectivity index (χ4v) is 6.85. The molecule has 1 amide bonds. The molecule has 3 aromatic rings.